The highest BCUT2D eigenvalue weighted by molar-refractivity contribution is 8.27. The Kier molecular flexibility index (Phi) is 6.47. The van der Waals surface area contributed by atoms with Crippen LogP contribution >= 0.6 is 24.0 Å². The third kappa shape index (κ3) is 4.57. The third-order valence-corrected chi connectivity index (χ3v) is 7.18. The molecule has 1 aliphatic rings. The molecule has 0 saturated carbocycles. The van der Waals surface area contributed by atoms with Crippen molar-refractivity contribution in [2.45, 2.75) is 19.9 Å². The molecule has 36 heavy (non-hydrogen) atoms. The third-order valence-electron chi connectivity index (χ3n) is 5.88. The van der Waals surface area contributed by atoms with Gasteiger partial charge in [-0.25, -0.2) is 4.39 Å². The number of hydrogen-bond donors (Lipinski definition) is 1. The maximum atomic E-state index is 13.4. The zero-order valence-electron chi connectivity index (χ0n) is 19.6. The van der Waals surface area contributed by atoms with Crippen molar-refractivity contribution in [1.82, 2.24) is 4.57 Å². The van der Waals surface area contributed by atoms with E-state index in [2.05, 4.69) is 36.0 Å². The first kappa shape index (κ1) is 24.0. The Hall–Kier alpha value is -3.75. The monoisotopic (exact) mass is 515 g/mol. The molecular weight excluding hydrogens is 493 g/mol. The van der Waals surface area contributed by atoms with E-state index in [1.807, 2.05) is 24.3 Å². The standard InChI is InChI=1S/C28H22FN3O2S2/c1-17(2)31-16-19(23-8-3-4-9-24(23)31)15-25-27(34)32(28(35)36-25)22-7-5-6-18(14-22)26(33)30-21-12-10-20(29)11-13-21/h3-17H,1-2H3,(H,30,33)/b25-15+. The van der Waals surface area contributed by atoms with Gasteiger partial charge < -0.3 is 9.88 Å². The van der Waals surface area contributed by atoms with Gasteiger partial charge in [-0.15, -0.1) is 0 Å². The molecule has 0 aliphatic carbocycles. The number of nitrogens with one attached hydrogen (secondary N) is 1. The summed E-state index contributed by atoms with van der Waals surface area (Å²) in [6.07, 6.45) is 3.94. The Labute approximate surface area is 217 Å². The van der Waals surface area contributed by atoms with Gasteiger partial charge in [-0.3, -0.25) is 14.5 Å². The lowest BCUT2D eigenvalue weighted by Gasteiger charge is -2.15. The lowest BCUT2D eigenvalue weighted by atomic mass is 10.1. The van der Waals surface area contributed by atoms with E-state index in [-0.39, 0.29) is 23.7 Å². The van der Waals surface area contributed by atoms with E-state index in [4.69, 9.17) is 12.2 Å². The lowest BCUT2D eigenvalue weighted by molar-refractivity contribution is -0.113. The van der Waals surface area contributed by atoms with Crippen molar-refractivity contribution in [2.24, 2.45) is 0 Å². The van der Waals surface area contributed by atoms with Crippen molar-refractivity contribution in [3.05, 3.63) is 101 Å². The summed E-state index contributed by atoms with van der Waals surface area (Å²) in [7, 11) is 0. The Bertz CT molecular complexity index is 1540. The first-order valence-electron chi connectivity index (χ1n) is 11.4. The average molecular weight is 516 g/mol. The summed E-state index contributed by atoms with van der Waals surface area (Å²) in [6, 6.07) is 20.6. The topological polar surface area (TPSA) is 54.3 Å². The number of para-hydroxylation sites is 1. The second kappa shape index (κ2) is 9.72. The van der Waals surface area contributed by atoms with Gasteiger partial charge in [-0.2, -0.15) is 0 Å². The minimum absolute atomic E-state index is 0.234. The summed E-state index contributed by atoms with van der Waals surface area (Å²) in [4.78, 5) is 28.1. The molecule has 1 saturated heterocycles. The van der Waals surface area contributed by atoms with E-state index in [1.165, 1.54) is 40.9 Å². The summed E-state index contributed by atoms with van der Waals surface area (Å²) < 4.78 is 15.7. The van der Waals surface area contributed by atoms with Crippen LogP contribution in [0.25, 0.3) is 17.0 Å². The SMILES string of the molecule is CC(C)n1cc(/C=C2/SC(=S)N(c3cccc(C(=O)Nc4ccc(F)cc4)c3)C2=O)c2ccccc21. The molecule has 3 aromatic carbocycles. The highest BCUT2D eigenvalue weighted by atomic mass is 32.2. The zero-order chi connectivity index (χ0) is 25.4. The van der Waals surface area contributed by atoms with Gasteiger partial charge in [0.15, 0.2) is 4.32 Å². The minimum atomic E-state index is -0.383. The molecule has 0 spiro atoms. The first-order chi connectivity index (χ1) is 17.3. The molecule has 0 atom stereocenters. The quantitative estimate of drug-likeness (QED) is 0.229. The average Bonchev–Trinajstić information content (AvgIpc) is 3.37. The van der Waals surface area contributed by atoms with Crippen LogP contribution in [-0.2, 0) is 4.79 Å². The van der Waals surface area contributed by atoms with Gasteiger partial charge in [0.1, 0.15) is 5.82 Å². The van der Waals surface area contributed by atoms with Crippen LogP contribution in [0.15, 0.2) is 83.9 Å². The normalized spacial score (nSPS) is 14.9. The van der Waals surface area contributed by atoms with Gasteiger partial charge >= 0.3 is 0 Å². The Balaban J connectivity index is 1.43. The fourth-order valence-electron chi connectivity index (χ4n) is 4.13. The number of nitrogens with zero attached hydrogens (tertiary/aromatic N) is 2. The second-order valence-corrected chi connectivity index (χ2v) is 10.3. The maximum Gasteiger partial charge on any atom is 0.270 e. The van der Waals surface area contributed by atoms with Crippen LogP contribution in [0.4, 0.5) is 15.8 Å². The Morgan fingerprint density at radius 2 is 1.81 bits per heavy atom. The highest BCUT2D eigenvalue weighted by Crippen LogP contribution is 2.37. The fraction of sp³-hybridized carbons (Fsp3) is 0.107. The van der Waals surface area contributed by atoms with Crippen LogP contribution in [0.3, 0.4) is 0 Å². The predicted molar refractivity (Wildman–Crippen MR) is 149 cm³/mol. The van der Waals surface area contributed by atoms with Crippen LogP contribution in [0.1, 0.15) is 35.8 Å². The van der Waals surface area contributed by atoms with E-state index in [1.54, 1.807) is 24.3 Å². The summed E-state index contributed by atoms with van der Waals surface area (Å²) in [5, 5.41) is 3.80. The number of thiocarbonyl (C=S) groups is 1. The number of hydrogen-bond acceptors (Lipinski definition) is 4. The van der Waals surface area contributed by atoms with E-state index in [9.17, 15) is 14.0 Å². The molecule has 5 rings (SSSR count). The number of amides is 2. The minimum Gasteiger partial charge on any atom is -0.344 e. The molecule has 5 nitrogen and oxygen atoms in total. The van der Waals surface area contributed by atoms with Gasteiger partial charge in [-0.1, -0.05) is 48.2 Å². The molecule has 4 aromatic rings. The largest absolute Gasteiger partial charge is 0.344 e. The van der Waals surface area contributed by atoms with Crippen molar-refractivity contribution in [1.29, 1.82) is 0 Å². The predicted octanol–water partition coefficient (Wildman–Crippen LogP) is 7.02. The number of halogens is 1. The van der Waals surface area contributed by atoms with Gasteiger partial charge in [0.25, 0.3) is 11.8 Å². The van der Waals surface area contributed by atoms with Gasteiger partial charge in [0.05, 0.1) is 10.6 Å². The summed E-state index contributed by atoms with van der Waals surface area (Å²) in [6.45, 7) is 4.24. The molecule has 1 fully saturated rings. The van der Waals surface area contributed by atoms with Crippen LogP contribution in [0.5, 0.6) is 0 Å². The van der Waals surface area contributed by atoms with Gasteiger partial charge in [-0.05, 0) is 68.5 Å². The molecule has 2 heterocycles. The zero-order valence-corrected chi connectivity index (χ0v) is 21.2. The lowest BCUT2D eigenvalue weighted by Crippen LogP contribution is -2.27. The molecule has 1 aromatic heterocycles. The highest BCUT2D eigenvalue weighted by Gasteiger charge is 2.34. The molecule has 1 N–H and O–H groups in total. The smallest absolute Gasteiger partial charge is 0.270 e. The van der Waals surface area contributed by atoms with Crippen LogP contribution in [0.2, 0.25) is 0 Å². The molecule has 0 bridgehead atoms. The van der Waals surface area contributed by atoms with Crippen molar-refractivity contribution in [2.75, 3.05) is 10.2 Å². The number of carbonyl (C=O) groups is 2. The summed E-state index contributed by atoms with van der Waals surface area (Å²) in [5.74, 6) is -0.986. The number of aromatic nitrogens is 1. The van der Waals surface area contributed by atoms with Crippen molar-refractivity contribution >= 4 is 68.5 Å². The van der Waals surface area contributed by atoms with Crippen LogP contribution < -0.4 is 10.2 Å². The van der Waals surface area contributed by atoms with Crippen molar-refractivity contribution in [3.63, 3.8) is 0 Å². The van der Waals surface area contributed by atoms with Gasteiger partial charge in [0, 0.05) is 40.0 Å². The molecule has 1 aliphatic heterocycles. The van der Waals surface area contributed by atoms with Crippen LogP contribution in [-0.4, -0.2) is 20.7 Å². The summed E-state index contributed by atoms with van der Waals surface area (Å²) in [5.41, 5.74) is 3.40. The van der Waals surface area contributed by atoms with Crippen molar-refractivity contribution < 1.29 is 14.0 Å². The molecule has 0 radical (unpaired) electrons. The number of benzene rings is 3. The fourth-order valence-corrected chi connectivity index (χ4v) is 5.42. The number of rotatable bonds is 5. The Morgan fingerprint density at radius 3 is 2.56 bits per heavy atom. The first-order valence-corrected chi connectivity index (χ1v) is 12.6. The van der Waals surface area contributed by atoms with Crippen LogP contribution in [0, 0.1) is 5.82 Å². The van der Waals surface area contributed by atoms with E-state index < -0.39 is 0 Å². The molecule has 8 heteroatoms. The molecule has 0 unspecified atom stereocenters. The maximum absolute atomic E-state index is 13.4. The van der Waals surface area contributed by atoms with Gasteiger partial charge in [0.2, 0.25) is 0 Å². The number of thioether (sulfide) groups is 1. The van der Waals surface area contributed by atoms with Crippen molar-refractivity contribution in [3.8, 4) is 0 Å². The number of anilines is 2. The van der Waals surface area contributed by atoms with E-state index >= 15 is 0 Å². The number of fused-ring (bicyclic) bond motifs is 1. The van der Waals surface area contributed by atoms with E-state index in [0.29, 0.717) is 26.2 Å². The number of carbonyl (C=O) groups excluding carboxylic acids is 2. The van der Waals surface area contributed by atoms with E-state index in [0.717, 1.165) is 16.5 Å². The summed E-state index contributed by atoms with van der Waals surface area (Å²) >= 11 is 6.79. The Morgan fingerprint density at radius 1 is 1.06 bits per heavy atom. The molecule has 180 valence electrons. The molecular formula is C28H22FN3O2S2. The second-order valence-electron chi connectivity index (χ2n) is 8.63. The molecule has 2 amide bonds.